The number of hydrogen-bond donors (Lipinski definition) is 3. The van der Waals surface area contributed by atoms with E-state index in [1.165, 1.54) is 12.8 Å². The summed E-state index contributed by atoms with van der Waals surface area (Å²) in [7, 11) is 0. The first kappa shape index (κ1) is 13.9. The van der Waals surface area contributed by atoms with E-state index in [2.05, 4.69) is 0 Å². The molecule has 0 radical (unpaired) electrons. The molecule has 0 heterocycles. The van der Waals surface area contributed by atoms with E-state index in [9.17, 15) is 9.59 Å². The number of carbonyl (C=O) groups is 2. The fourth-order valence-corrected chi connectivity index (χ4v) is 2.10. The van der Waals surface area contributed by atoms with Gasteiger partial charge in [0.05, 0.1) is 6.61 Å². The van der Waals surface area contributed by atoms with Crippen molar-refractivity contribution in [2.24, 2.45) is 11.5 Å². The summed E-state index contributed by atoms with van der Waals surface area (Å²) >= 11 is 0. The van der Waals surface area contributed by atoms with Crippen molar-refractivity contribution >= 4 is 11.9 Å². The highest BCUT2D eigenvalue weighted by atomic mass is 16.5. The van der Waals surface area contributed by atoms with Crippen LogP contribution >= 0.6 is 0 Å². The molecule has 1 rings (SSSR count). The lowest BCUT2D eigenvalue weighted by atomic mass is 9.93. The molecule has 0 spiro atoms. The lowest BCUT2D eigenvalue weighted by molar-refractivity contribution is -0.125. The van der Waals surface area contributed by atoms with E-state index in [1.807, 2.05) is 5.32 Å². The standard InChI is InChI=1S/C11H21N3O3/c12-10(16)14-9(15)7-17-8-11(13)5-3-1-2-4-6-11/h1-8,13H2,(H3,12,14,15,16). The third-order valence-electron chi connectivity index (χ3n) is 2.98. The van der Waals surface area contributed by atoms with Gasteiger partial charge in [-0.15, -0.1) is 0 Å². The number of nitrogens with one attached hydrogen (secondary N) is 1. The average Bonchev–Trinajstić information content (AvgIpc) is 2.42. The van der Waals surface area contributed by atoms with Crippen LogP contribution in [0.4, 0.5) is 4.79 Å². The predicted octanol–water partition coefficient (Wildman–Crippen LogP) is 0.250. The lowest BCUT2D eigenvalue weighted by Crippen LogP contribution is -2.45. The number of primary amides is 1. The summed E-state index contributed by atoms with van der Waals surface area (Å²) in [6.45, 7) is 0.168. The zero-order valence-corrected chi connectivity index (χ0v) is 10.0. The molecule has 1 fully saturated rings. The highest BCUT2D eigenvalue weighted by Crippen LogP contribution is 2.24. The molecule has 0 bridgehead atoms. The van der Waals surface area contributed by atoms with Gasteiger partial charge < -0.3 is 16.2 Å². The third kappa shape index (κ3) is 5.65. The van der Waals surface area contributed by atoms with Gasteiger partial charge in [0.25, 0.3) is 5.91 Å². The second kappa shape index (κ2) is 6.56. The topological polar surface area (TPSA) is 107 Å². The Morgan fingerprint density at radius 3 is 2.29 bits per heavy atom. The van der Waals surface area contributed by atoms with Gasteiger partial charge in [-0.1, -0.05) is 25.7 Å². The van der Waals surface area contributed by atoms with Crippen molar-refractivity contribution in [3.63, 3.8) is 0 Å². The van der Waals surface area contributed by atoms with Crippen molar-refractivity contribution in [3.05, 3.63) is 0 Å². The van der Waals surface area contributed by atoms with Gasteiger partial charge in [-0.2, -0.15) is 0 Å². The number of urea groups is 1. The van der Waals surface area contributed by atoms with E-state index in [0.717, 1.165) is 25.7 Å². The predicted molar refractivity (Wildman–Crippen MR) is 63.2 cm³/mol. The summed E-state index contributed by atoms with van der Waals surface area (Å²) in [6, 6.07) is -0.865. The number of nitrogens with two attached hydrogens (primary N) is 2. The summed E-state index contributed by atoms with van der Waals surface area (Å²) in [4.78, 5) is 21.5. The van der Waals surface area contributed by atoms with E-state index in [-0.39, 0.29) is 12.1 Å². The molecule has 17 heavy (non-hydrogen) atoms. The van der Waals surface area contributed by atoms with Crippen LogP contribution in [0.2, 0.25) is 0 Å². The van der Waals surface area contributed by atoms with E-state index < -0.39 is 11.9 Å². The van der Waals surface area contributed by atoms with Gasteiger partial charge in [0.2, 0.25) is 0 Å². The van der Waals surface area contributed by atoms with Crippen LogP contribution in [-0.4, -0.2) is 30.7 Å². The lowest BCUT2D eigenvalue weighted by Gasteiger charge is -2.27. The van der Waals surface area contributed by atoms with Crippen molar-refractivity contribution in [2.45, 2.75) is 44.1 Å². The Morgan fingerprint density at radius 2 is 1.76 bits per heavy atom. The summed E-state index contributed by atoms with van der Waals surface area (Å²) in [5.74, 6) is -0.533. The molecule has 0 unspecified atom stereocenters. The summed E-state index contributed by atoms with van der Waals surface area (Å²) < 4.78 is 5.25. The zero-order valence-electron chi connectivity index (χ0n) is 10.0. The highest BCUT2D eigenvalue weighted by Gasteiger charge is 2.26. The number of imide groups is 1. The van der Waals surface area contributed by atoms with Crippen LogP contribution in [0.1, 0.15) is 38.5 Å². The van der Waals surface area contributed by atoms with Crippen molar-refractivity contribution in [1.82, 2.24) is 5.32 Å². The van der Waals surface area contributed by atoms with E-state index >= 15 is 0 Å². The first-order valence-corrected chi connectivity index (χ1v) is 5.98. The van der Waals surface area contributed by atoms with Crippen molar-refractivity contribution < 1.29 is 14.3 Å². The SMILES string of the molecule is NC(=O)NC(=O)COCC1(N)CCCCCC1. The summed E-state index contributed by atoms with van der Waals surface area (Å²) in [5.41, 5.74) is 10.7. The molecule has 0 atom stereocenters. The Bertz CT molecular complexity index is 273. The largest absolute Gasteiger partial charge is 0.370 e. The van der Waals surface area contributed by atoms with Crippen LogP contribution in [0, 0.1) is 0 Å². The smallest absolute Gasteiger partial charge is 0.318 e. The number of amides is 3. The fourth-order valence-electron chi connectivity index (χ4n) is 2.10. The molecular weight excluding hydrogens is 222 g/mol. The van der Waals surface area contributed by atoms with Gasteiger partial charge in [-0.25, -0.2) is 4.79 Å². The van der Waals surface area contributed by atoms with Crippen molar-refractivity contribution in [3.8, 4) is 0 Å². The monoisotopic (exact) mass is 243 g/mol. The maximum atomic E-state index is 11.1. The van der Waals surface area contributed by atoms with Gasteiger partial charge in [0.1, 0.15) is 6.61 Å². The first-order valence-electron chi connectivity index (χ1n) is 5.98. The summed E-state index contributed by atoms with van der Waals surface area (Å²) in [5, 5.41) is 1.94. The second-order valence-electron chi connectivity index (χ2n) is 4.68. The molecule has 0 saturated heterocycles. The molecule has 3 amide bonds. The minimum absolute atomic E-state index is 0.179. The zero-order chi connectivity index (χ0) is 12.7. The minimum atomic E-state index is -0.865. The van der Waals surface area contributed by atoms with Crippen molar-refractivity contribution in [2.75, 3.05) is 13.2 Å². The Kier molecular flexibility index (Phi) is 5.37. The van der Waals surface area contributed by atoms with Gasteiger partial charge >= 0.3 is 6.03 Å². The normalized spacial score (nSPS) is 19.4. The number of rotatable bonds is 4. The quantitative estimate of drug-likeness (QED) is 0.615. The summed E-state index contributed by atoms with van der Waals surface area (Å²) in [6.07, 6.45) is 6.47. The van der Waals surface area contributed by atoms with E-state index in [0.29, 0.717) is 6.61 Å². The van der Waals surface area contributed by atoms with Crippen LogP contribution in [0.5, 0.6) is 0 Å². The molecule has 5 N–H and O–H groups in total. The molecule has 0 aromatic rings. The Balaban J connectivity index is 2.24. The molecule has 1 saturated carbocycles. The maximum Gasteiger partial charge on any atom is 0.318 e. The third-order valence-corrected chi connectivity index (χ3v) is 2.98. The Morgan fingerprint density at radius 1 is 1.18 bits per heavy atom. The van der Waals surface area contributed by atoms with Crippen LogP contribution in [0.25, 0.3) is 0 Å². The van der Waals surface area contributed by atoms with Gasteiger partial charge in [-0.3, -0.25) is 10.1 Å². The molecule has 1 aliphatic carbocycles. The van der Waals surface area contributed by atoms with Crippen LogP contribution in [0.3, 0.4) is 0 Å². The molecule has 6 heteroatoms. The minimum Gasteiger partial charge on any atom is -0.370 e. The molecule has 6 nitrogen and oxygen atoms in total. The second-order valence-corrected chi connectivity index (χ2v) is 4.68. The highest BCUT2D eigenvalue weighted by molar-refractivity contribution is 5.94. The Hall–Kier alpha value is -1.14. The fraction of sp³-hybridized carbons (Fsp3) is 0.818. The first-order chi connectivity index (χ1) is 8.02. The molecule has 0 aliphatic heterocycles. The van der Waals surface area contributed by atoms with E-state index in [4.69, 9.17) is 16.2 Å². The number of carbonyl (C=O) groups excluding carboxylic acids is 2. The average molecular weight is 243 g/mol. The molecule has 1 aliphatic rings. The molecule has 0 aromatic heterocycles. The number of ether oxygens (including phenoxy) is 1. The molecular formula is C11H21N3O3. The van der Waals surface area contributed by atoms with E-state index in [1.54, 1.807) is 0 Å². The van der Waals surface area contributed by atoms with Gasteiger partial charge in [0, 0.05) is 5.54 Å². The van der Waals surface area contributed by atoms with Crippen LogP contribution < -0.4 is 16.8 Å². The number of hydrogen-bond acceptors (Lipinski definition) is 4. The Labute approximate surface area is 101 Å². The van der Waals surface area contributed by atoms with Gasteiger partial charge in [0.15, 0.2) is 0 Å². The molecule has 0 aromatic carbocycles. The van der Waals surface area contributed by atoms with Gasteiger partial charge in [-0.05, 0) is 12.8 Å². The van der Waals surface area contributed by atoms with Crippen LogP contribution in [-0.2, 0) is 9.53 Å². The van der Waals surface area contributed by atoms with Crippen LogP contribution in [0.15, 0.2) is 0 Å². The molecule has 98 valence electrons. The maximum absolute atomic E-state index is 11.1. The van der Waals surface area contributed by atoms with Crippen molar-refractivity contribution in [1.29, 1.82) is 0 Å².